The number of rotatable bonds is 1. The summed E-state index contributed by atoms with van der Waals surface area (Å²) in [7, 11) is 1.37. The third-order valence-electron chi connectivity index (χ3n) is 2.04. The van der Waals surface area contributed by atoms with Crippen LogP contribution in [0.2, 0.25) is 0 Å². The molecule has 1 aliphatic heterocycles. The number of aliphatic hydroxyl groups excluding tert-OH is 3. The lowest BCUT2D eigenvalue weighted by Gasteiger charge is -2.38. The SMILES string of the molecule is CO[C@H]1O[C@@H](C)[C@H](O)[C@H](O)[C@H]1O. The molecule has 1 fully saturated rings. The van der Waals surface area contributed by atoms with Crippen LogP contribution in [-0.2, 0) is 9.47 Å². The highest BCUT2D eigenvalue weighted by atomic mass is 16.7. The van der Waals surface area contributed by atoms with E-state index in [0.717, 1.165) is 0 Å². The van der Waals surface area contributed by atoms with Crippen molar-refractivity contribution in [3.63, 3.8) is 0 Å². The molecule has 0 spiro atoms. The molecule has 1 heterocycles. The first-order chi connectivity index (χ1) is 5.57. The van der Waals surface area contributed by atoms with Gasteiger partial charge in [0.15, 0.2) is 6.29 Å². The molecule has 1 saturated heterocycles. The zero-order chi connectivity index (χ0) is 9.30. The Kier molecular flexibility index (Phi) is 3.03. The highest BCUT2D eigenvalue weighted by molar-refractivity contribution is 4.86. The quantitative estimate of drug-likeness (QED) is 0.453. The average molecular weight is 178 g/mol. The van der Waals surface area contributed by atoms with Crippen molar-refractivity contribution in [2.24, 2.45) is 0 Å². The summed E-state index contributed by atoms with van der Waals surface area (Å²) in [5, 5.41) is 27.8. The molecule has 0 amide bonds. The van der Waals surface area contributed by atoms with E-state index in [4.69, 9.17) is 9.47 Å². The monoisotopic (exact) mass is 178 g/mol. The minimum Gasteiger partial charge on any atom is -0.388 e. The van der Waals surface area contributed by atoms with Crippen molar-refractivity contribution in [1.82, 2.24) is 0 Å². The first-order valence-electron chi connectivity index (χ1n) is 3.80. The summed E-state index contributed by atoms with van der Waals surface area (Å²) in [6, 6.07) is 0. The van der Waals surface area contributed by atoms with Crippen LogP contribution < -0.4 is 0 Å². The Labute approximate surface area is 70.5 Å². The summed E-state index contributed by atoms with van der Waals surface area (Å²) in [6.45, 7) is 1.60. The molecular formula is C7H14O5. The van der Waals surface area contributed by atoms with Crippen molar-refractivity contribution in [3.05, 3.63) is 0 Å². The van der Waals surface area contributed by atoms with Gasteiger partial charge in [-0.1, -0.05) is 0 Å². The van der Waals surface area contributed by atoms with Gasteiger partial charge in [-0.05, 0) is 6.92 Å². The second-order valence-corrected chi connectivity index (χ2v) is 2.92. The van der Waals surface area contributed by atoms with Crippen molar-refractivity contribution < 1.29 is 24.8 Å². The highest BCUT2D eigenvalue weighted by Gasteiger charge is 2.41. The maximum absolute atomic E-state index is 9.27. The Balaban J connectivity index is 2.63. The molecule has 0 aromatic carbocycles. The third kappa shape index (κ3) is 1.60. The van der Waals surface area contributed by atoms with Crippen molar-refractivity contribution in [2.75, 3.05) is 7.11 Å². The normalized spacial score (nSPS) is 49.2. The van der Waals surface area contributed by atoms with Gasteiger partial charge in [-0.15, -0.1) is 0 Å². The molecule has 3 N–H and O–H groups in total. The summed E-state index contributed by atoms with van der Waals surface area (Å²) in [5.41, 5.74) is 0. The maximum atomic E-state index is 9.27. The molecule has 1 aliphatic rings. The Hall–Kier alpha value is -0.200. The number of ether oxygens (including phenoxy) is 2. The van der Waals surface area contributed by atoms with E-state index in [1.54, 1.807) is 6.92 Å². The maximum Gasteiger partial charge on any atom is 0.186 e. The second-order valence-electron chi connectivity index (χ2n) is 2.92. The molecule has 0 aromatic heterocycles. The number of methoxy groups -OCH3 is 1. The van der Waals surface area contributed by atoms with E-state index >= 15 is 0 Å². The van der Waals surface area contributed by atoms with E-state index in [2.05, 4.69) is 0 Å². The summed E-state index contributed by atoms with van der Waals surface area (Å²) >= 11 is 0. The van der Waals surface area contributed by atoms with Gasteiger partial charge < -0.3 is 24.8 Å². The summed E-state index contributed by atoms with van der Waals surface area (Å²) in [4.78, 5) is 0. The summed E-state index contributed by atoms with van der Waals surface area (Å²) in [5.74, 6) is 0. The fraction of sp³-hybridized carbons (Fsp3) is 1.00. The topological polar surface area (TPSA) is 79.2 Å². The van der Waals surface area contributed by atoms with Crippen LogP contribution in [0.1, 0.15) is 6.92 Å². The van der Waals surface area contributed by atoms with Crippen LogP contribution in [0, 0.1) is 0 Å². The predicted octanol–water partition coefficient (Wildman–Crippen LogP) is -1.54. The fourth-order valence-corrected chi connectivity index (χ4v) is 1.21. The highest BCUT2D eigenvalue weighted by Crippen LogP contribution is 2.20. The molecule has 0 bridgehead atoms. The molecule has 0 unspecified atom stereocenters. The smallest absolute Gasteiger partial charge is 0.186 e. The lowest BCUT2D eigenvalue weighted by atomic mass is 10.0. The molecule has 0 saturated carbocycles. The Morgan fingerprint density at radius 1 is 1.08 bits per heavy atom. The molecule has 0 aromatic rings. The van der Waals surface area contributed by atoms with Crippen molar-refractivity contribution in [2.45, 2.75) is 37.6 Å². The number of hydrogen-bond donors (Lipinski definition) is 3. The van der Waals surface area contributed by atoms with Crippen LogP contribution >= 0.6 is 0 Å². The Morgan fingerprint density at radius 2 is 1.67 bits per heavy atom. The van der Waals surface area contributed by atoms with Gasteiger partial charge in [0, 0.05) is 7.11 Å². The zero-order valence-electron chi connectivity index (χ0n) is 7.04. The Morgan fingerprint density at radius 3 is 2.17 bits per heavy atom. The fourth-order valence-electron chi connectivity index (χ4n) is 1.21. The van der Waals surface area contributed by atoms with Crippen LogP contribution in [0.4, 0.5) is 0 Å². The molecule has 72 valence electrons. The van der Waals surface area contributed by atoms with E-state index in [9.17, 15) is 15.3 Å². The standard InChI is InChI=1S/C7H14O5/c1-3-4(8)5(9)6(10)7(11-2)12-3/h3-10H,1-2H3/t3-,4-,5-,6+,7-/m0/s1. The third-order valence-corrected chi connectivity index (χ3v) is 2.04. The van der Waals surface area contributed by atoms with Gasteiger partial charge in [0.2, 0.25) is 0 Å². The predicted molar refractivity (Wildman–Crippen MR) is 39.4 cm³/mol. The van der Waals surface area contributed by atoms with E-state index < -0.39 is 30.7 Å². The second kappa shape index (κ2) is 3.68. The van der Waals surface area contributed by atoms with E-state index in [1.807, 2.05) is 0 Å². The van der Waals surface area contributed by atoms with Gasteiger partial charge in [-0.25, -0.2) is 0 Å². The van der Waals surface area contributed by atoms with Gasteiger partial charge in [-0.2, -0.15) is 0 Å². The van der Waals surface area contributed by atoms with Crippen molar-refractivity contribution >= 4 is 0 Å². The van der Waals surface area contributed by atoms with Crippen LogP contribution in [0.3, 0.4) is 0 Å². The zero-order valence-corrected chi connectivity index (χ0v) is 7.04. The molecule has 5 nitrogen and oxygen atoms in total. The first kappa shape index (κ1) is 9.88. The van der Waals surface area contributed by atoms with Gasteiger partial charge in [0.25, 0.3) is 0 Å². The minimum absolute atomic E-state index is 0.534. The van der Waals surface area contributed by atoms with Gasteiger partial charge in [0.1, 0.15) is 18.3 Å². The molecule has 5 heteroatoms. The van der Waals surface area contributed by atoms with Crippen LogP contribution in [-0.4, -0.2) is 53.1 Å². The van der Waals surface area contributed by atoms with Crippen molar-refractivity contribution in [3.8, 4) is 0 Å². The molecule has 12 heavy (non-hydrogen) atoms. The lowest BCUT2D eigenvalue weighted by molar-refractivity contribution is -0.286. The molecule has 0 radical (unpaired) electrons. The number of hydrogen-bond acceptors (Lipinski definition) is 5. The van der Waals surface area contributed by atoms with Gasteiger partial charge >= 0.3 is 0 Å². The lowest BCUT2D eigenvalue weighted by Crippen LogP contribution is -2.57. The van der Waals surface area contributed by atoms with Gasteiger partial charge in [-0.3, -0.25) is 0 Å². The van der Waals surface area contributed by atoms with Crippen LogP contribution in [0.15, 0.2) is 0 Å². The number of aliphatic hydroxyl groups is 3. The molecule has 0 aliphatic carbocycles. The van der Waals surface area contributed by atoms with E-state index in [1.165, 1.54) is 7.11 Å². The molecule has 5 atom stereocenters. The summed E-state index contributed by atoms with van der Waals surface area (Å²) < 4.78 is 9.80. The molecular weight excluding hydrogens is 164 g/mol. The minimum atomic E-state index is -1.21. The average Bonchev–Trinajstić information content (AvgIpc) is 2.08. The van der Waals surface area contributed by atoms with E-state index in [0.29, 0.717) is 0 Å². The summed E-state index contributed by atoms with van der Waals surface area (Å²) in [6.07, 6.45) is -4.86. The molecule has 1 rings (SSSR count). The van der Waals surface area contributed by atoms with Crippen LogP contribution in [0.5, 0.6) is 0 Å². The van der Waals surface area contributed by atoms with E-state index in [-0.39, 0.29) is 0 Å². The Bertz CT molecular complexity index is 146. The van der Waals surface area contributed by atoms with Crippen molar-refractivity contribution in [1.29, 1.82) is 0 Å². The van der Waals surface area contributed by atoms with Gasteiger partial charge in [0.05, 0.1) is 6.10 Å². The first-order valence-corrected chi connectivity index (χ1v) is 3.80. The largest absolute Gasteiger partial charge is 0.388 e. The van der Waals surface area contributed by atoms with Crippen LogP contribution in [0.25, 0.3) is 0 Å².